The van der Waals surface area contributed by atoms with Crippen LogP contribution >= 0.6 is 0 Å². The lowest BCUT2D eigenvalue weighted by atomic mass is 9.88. The number of pyridine rings is 1. The van der Waals surface area contributed by atoms with Crippen molar-refractivity contribution >= 4 is 11.8 Å². The highest BCUT2D eigenvalue weighted by Gasteiger charge is 2.21. The third-order valence-corrected chi connectivity index (χ3v) is 4.35. The fourth-order valence-electron chi connectivity index (χ4n) is 3.22. The number of aliphatic hydroxyl groups is 1. The average Bonchev–Trinajstić information content (AvgIpc) is 3.06. The van der Waals surface area contributed by atoms with Crippen LogP contribution in [0.2, 0.25) is 0 Å². The fraction of sp³-hybridized carbons (Fsp3) is 0.684. The maximum Gasteiger partial charge on any atom is 0.315 e. The van der Waals surface area contributed by atoms with E-state index >= 15 is 0 Å². The van der Waals surface area contributed by atoms with E-state index < -0.39 is 0 Å². The van der Waals surface area contributed by atoms with E-state index in [-0.39, 0.29) is 24.1 Å². The summed E-state index contributed by atoms with van der Waals surface area (Å²) in [6, 6.07) is 3.52. The van der Waals surface area contributed by atoms with Gasteiger partial charge in [-0.05, 0) is 37.7 Å². The number of aliphatic hydroxyl groups excluding tert-OH is 1. The first kappa shape index (κ1) is 19.5. The van der Waals surface area contributed by atoms with E-state index in [2.05, 4.69) is 41.3 Å². The largest absolute Gasteiger partial charge is 0.394 e. The molecule has 1 aromatic heterocycles. The summed E-state index contributed by atoms with van der Waals surface area (Å²) in [5.41, 5.74) is 2.06. The van der Waals surface area contributed by atoms with Crippen LogP contribution in [0.3, 0.4) is 0 Å². The van der Waals surface area contributed by atoms with Crippen LogP contribution in [0.1, 0.15) is 51.3 Å². The van der Waals surface area contributed by atoms with Crippen LogP contribution in [0.15, 0.2) is 12.1 Å². The Morgan fingerprint density at radius 3 is 2.60 bits per heavy atom. The SMILES string of the molecule is Cc1ccc(CNC(=O)NC(CO)CC(C)(C)C)c(N2CCCC2)n1. The van der Waals surface area contributed by atoms with Crippen LogP contribution in [0.25, 0.3) is 0 Å². The molecule has 2 rings (SSSR count). The van der Waals surface area contributed by atoms with Crippen LogP contribution < -0.4 is 15.5 Å². The third-order valence-electron chi connectivity index (χ3n) is 4.35. The second kappa shape index (κ2) is 8.52. The van der Waals surface area contributed by atoms with Crippen molar-refractivity contribution in [2.24, 2.45) is 5.41 Å². The molecule has 25 heavy (non-hydrogen) atoms. The molecule has 3 N–H and O–H groups in total. The monoisotopic (exact) mass is 348 g/mol. The van der Waals surface area contributed by atoms with Gasteiger partial charge in [0.2, 0.25) is 0 Å². The number of carbonyl (C=O) groups excluding carboxylic acids is 1. The molecule has 0 aromatic carbocycles. The Labute approximate surface area is 151 Å². The predicted molar refractivity (Wildman–Crippen MR) is 101 cm³/mol. The number of nitrogens with one attached hydrogen (secondary N) is 2. The summed E-state index contributed by atoms with van der Waals surface area (Å²) in [5, 5.41) is 15.2. The quantitative estimate of drug-likeness (QED) is 0.738. The van der Waals surface area contributed by atoms with E-state index in [1.54, 1.807) is 0 Å². The van der Waals surface area contributed by atoms with E-state index in [9.17, 15) is 9.90 Å². The summed E-state index contributed by atoms with van der Waals surface area (Å²) in [5.74, 6) is 0.978. The Morgan fingerprint density at radius 2 is 2.00 bits per heavy atom. The smallest absolute Gasteiger partial charge is 0.315 e. The molecular weight excluding hydrogens is 316 g/mol. The van der Waals surface area contributed by atoms with Gasteiger partial charge in [0.1, 0.15) is 5.82 Å². The molecule has 140 valence electrons. The van der Waals surface area contributed by atoms with Gasteiger partial charge in [-0.1, -0.05) is 26.8 Å². The fourth-order valence-corrected chi connectivity index (χ4v) is 3.22. The maximum atomic E-state index is 12.2. The number of carbonyl (C=O) groups is 1. The van der Waals surface area contributed by atoms with Gasteiger partial charge in [0.05, 0.1) is 12.6 Å². The molecule has 0 bridgehead atoms. The van der Waals surface area contributed by atoms with Gasteiger partial charge in [0, 0.05) is 30.9 Å². The standard InChI is InChI=1S/C19H32N4O2/c1-14-7-8-15(17(21-14)23-9-5-6-10-23)12-20-18(25)22-16(13-24)11-19(2,3)4/h7-8,16,24H,5-6,9-13H2,1-4H3,(H2,20,22,25). The van der Waals surface area contributed by atoms with E-state index in [4.69, 9.17) is 0 Å². The van der Waals surface area contributed by atoms with Crippen molar-refractivity contribution in [2.75, 3.05) is 24.6 Å². The Bertz CT molecular complexity index is 577. The summed E-state index contributed by atoms with van der Waals surface area (Å²) in [4.78, 5) is 19.2. The molecule has 1 aliphatic rings. The van der Waals surface area contributed by atoms with Gasteiger partial charge in [-0.25, -0.2) is 9.78 Å². The van der Waals surface area contributed by atoms with Crippen molar-refractivity contribution in [2.45, 2.75) is 59.5 Å². The molecule has 1 unspecified atom stereocenters. The first-order valence-electron chi connectivity index (χ1n) is 9.15. The van der Waals surface area contributed by atoms with Crippen molar-refractivity contribution in [3.05, 3.63) is 23.4 Å². The minimum absolute atomic E-state index is 0.0461. The highest BCUT2D eigenvalue weighted by molar-refractivity contribution is 5.74. The number of rotatable bonds is 6. The van der Waals surface area contributed by atoms with Gasteiger partial charge in [-0.2, -0.15) is 0 Å². The van der Waals surface area contributed by atoms with Gasteiger partial charge in [0.15, 0.2) is 0 Å². The summed E-state index contributed by atoms with van der Waals surface area (Å²) in [6.07, 6.45) is 3.10. The molecule has 6 heteroatoms. The number of amides is 2. The first-order valence-corrected chi connectivity index (χ1v) is 9.15. The molecule has 1 aromatic rings. The highest BCUT2D eigenvalue weighted by Crippen LogP contribution is 2.23. The molecule has 0 aliphatic carbocycles. The predicted octanol–water partition coefficient (Wildman–Crippen LogP) is 2.59. The van der Waals surface area contributed by atoms with Crippen molar-refractivity contribution in [1.82, 2.24) is 15.6 Å². The van der Waals surface area contributed by atoms with Gasteiger partial charge in [-0.15, -0.1) is 0 Å². The van der Waals surface area contributed by atoms with Crippen molar-refractivity contribution in [1.29, 1.82) is 0 Å². The Hall–Kier alpha value is -1.82. The normalized spacial score (nSPS) is 16.0. The molecule has 1 atom stereocenters. The summed E-state index contributed by atoms with van der Waals surface area (Å²) in [7, 11) is 0. The van der Waals surface area contributed by atoms with Gasteiger partial charge >= 0.3 is 6.03 Å². The van der Waals surface area contributed by atoms with E-state index in [0.29, 0.717) is 6.54 Å². The molecule has 1 saturated heterocycles. The third kappa shape index (κ3) is 6.20. The second-order valence-electron chi connectivity index (χ2n) is 8.10. The van der Waals surface area contributed by atoms with Crippen LogP contribution in [-0.2, 0) is 6.54 Å². The number of aromatic nitrogens is 1. The zero-order valence-corrected chi connectivity index (χ0v) is 15.9. The van der Waals surface area contributed by atoms with E-state index in [1.165, 1.54) is 12.8 Å². The first-order chi connectivity index (χ1) is 11.8. The minimum Gasteiger partial charge on any atom is -0.394 e. The van der Waals surface area contributed by atoms with Gasteiger partial charge in [-0.3, -0.25) is 0 Å². The zero-order valence-electron chi connectivity index (χ0n) is 15.9. The molecule has 1 fully saturated rings. The molecule has 0 saturated carbocycles. The number of nitrogens with zero attached hydrogens (tertiary/aromatic N) is 2. The van der Waals surface area contributed by atoms with Crippen LogP contribution in [0, 0.1) is 12.3 Å². The molecule has 2 amide bonds. The molecular formula is C19H32N4O2. The number of hydrogen-bond donors (Lipinski definition) is 3. The Balaban J connectivity index is 1.95. The molecule has 1 aliphatic heterocycles. The Kier molecular flexibility index (Phi) is 6.64. The second-order valence-corrected chi connectivity index (χ2v) is 8.10. The molecule has 0 spiro atoms. The number of hydrogen-bond acceptors (Lipinski definition) is 4. The maximum absolute atomic E-state index is 12.2. The number of urea groups is 1. The highest BCUT2D eigenvalue weighted by atomic mass is 16.3. The lowest BCUT2D eigenvalue weighted by Gasteiger charge is -2.25. The van der Waals surface area contributed by atoms with Gasteiger partial charge < -0.3 is 20.6 Å². The van der Waals surface area contributed by atoms with Gasteiger partial charge in [0.25, 0.3) is 0 Å². The van der Waals surface area contributed by atoms with E-state index in [1.807, 2.05) is 19.1 Å². The van der Waals surface area contributed by atoms with E-state index in [0.717, 1.165) is 36.6 Å². The summed E-state index contributed by atoms with van der Waals surface area (Å²) in [6.45, 7) is 10.7. The summed E-state index contributed by atoms with van der Waals surface area (Å²) >= 11 is 0. The van der Waals surface area contributed by atoms with Crippen LogP contribution in [0.5, 0.6) is 0 Å². The van der Waals surface area contributed by atoms with Crippen LogP contribution in [0.4, 0.5) is 10.6 Å². The minimum atomic E-state index is -0.253. The number of aryl methyl sites for hydroxylation is 1. The zero-order chi connectivity index (χ0) is 18.4. The average molecular weight is 348 g/mol. The Morgan fingerprint density at radius 1 is 1.32 bits per heavy atom. The molecule has 2 heterocycles. The van der Waals surface area contributed by atoms with Crippen molar-refractivity contribution < 1.29 is 9.90 Å². The van der Waals surface area contributed by atoms with Crippen LogP contribution in [-0.4, -0.2) is 41.9 Å². The topological polar surface area (TPSA) is 77.5 Å². The lowest BCUT2D eigenvalue weighted by Crippen LogP contribution is -2.45. The van der Waals surface area contributed by atoms with Crippen molar-refractivity contribution in [3.63, 3.8) is 0 Å². The molecule has 6 nitrogen and oxygen atoms in total. The lowest BCUT2D eigenvalue weighted by molar-refractivity contribution is 0.191. The summed E-state index contributed by atoms with van der Waals surface area (Å²) < 4.78 is 0. The van der Waals surface area contributed by atoms with Crippen molar-refractivity contribution in [3.8, 4) is 0 Å². The molecule has 0 radical (unpaired) electrons. The number of anilines is 1.